The number of anilines is 1. The van der Waals surface area contributed by atoms with E-state index in [-0.39, 0.29) is 12.0 Å². The topological polar surface area (TPSA) is 29.5 Å². The van der Waals surface area contributed by atoms with Gasteiger partial charge in [0.1, 0.15) is 11.8 Å². The fourth-order valence-corrected chi connectivity index (χ4v) is 2.17. The number of rotatable bonds is 0. The van der Waals surface area contributed by atoms with Gasteiger partial charge in [-0.15, -0.1) is 0 Å². The fraction of sp³-hybridized carbons (Fsp3) is 0.364. The van der Waals surface area contributed by atoms with Crippen molar-refractivity contribution in [3.63, 3.8) is 0 Å². The molecule has 1 unspecified atom stereocenters. The lowest BCUT2D eigenvalue weighted by molar-refractivity contribution is -0.119. The quantitative estimate of drug-likeness (QED) is 0.717. The molecule has 1 amide bonds. The van der Waals surface area contributed by atoms with Gasteiger partial charge in [-0.25, -0.2) is 0 Å². The number of fused-ring (bicyclic) bond motifs is 1. The summed E-state index contributed by atoms with van der Waals surface area (Å²) in [6, 6.07) is 3.32. The summed E-state index contributed by atoms with van der Waals surface area (Å²) in [7, 11) is 1.67. The maximum Gasteiger partial charge on any atom is 0.230 e. The summed E-state index contributed by atoms with van der Waals surface area (Å²) in [4.78, 5) is 13.3. The van der Waals surface area contributed by atoms with Gasteiger partial charge in [-0.2, -0.15) is 0 Å². The lowest BCUT2D eigenvalue weighted by Gasteiger charge is -2.18. The molecule has 0 spiro atoms. The number of ether oxygens (including phenoxy) is 1. The minimum absolute atomic E-state index is 0.0320. The minimum atomic E-state index is -0.202. The van der Waals surface area contributed by atoms with Crippen LogP contribution >= 0.6 is 23.2 Å². The third kappa shape index (κ3) is 1.85. The van der Waals surface area contributed by atoms with Gasteiger partial charge in [-0.1, -0.05) is 23.2 Å². The Morgan fingerprint density at radius 2 is 2.00 bits per heavy atom. The number of hydrogen-bond acceptors (Lipinski definition) is 2. The van der Waals surface area contributed by atoms with Crippen LogP contribution in [0.25, 0.3) is 0 Å². The first-order valence-electron chi connectivity index (χ1n) is 4.92. The van der Waals surface area contributed by atoms with Crippen molar-refractivity contribution in [1.82, 2.24) is 0 Å². The van der Waals surface area contributed by atoms with E-state index in [9.17, 15) is 4.79 Å². The van der Waals surface area contributed by atoms with Crippen molar-refractivity contribution in [2.75, 3.05) is 11.9 Å². The summed E-state index contributed by atoms with van der Waals surface area (Å²) in [6.45, 7) is 1.83. The van der Waals surface area contributed by atoms with E-state index >= 15 is 0 Å². The molecule has 1 aromatic rings. The van der Waals surface area contributed by atoms with Crippen molar-refractivity contribution in [3.8, 4) is 5.75 Å². The first-order valence-corrected chi connectivity index (χ1v) is 5.67. The Morgan fingerprint density at radius 3 is 2.69 bits per heavy atom. The predicted octanol–water partition coefficient (Wildman–Crippen LogP) is 3.13. The molecule has 0 aliphatic carbocycles. The molecule has 0 N–H and O–H groups in total. The molecular weight excluding hydrogens is 249 g/mol. The molecule has 0 saturated heterocycles. The van der Waals surface area contributed by atoms with Gasteiger partial charge in [0.25, 0.3) is 0 Å². The normalized spacial score (nSPS) is 20.1. The Balaban J connectivity index is 2.63. The van der Waals surface area contributed by atoms with E-state index in [0.717, 1.165) is 0 Å². The lowest BCUT2D eigenvalue weighted by Crippen LogP contribution is -2.27. The Kier molecular flexibility index (Phi) is 3.00. The third-order valence-electron chi connectivity index (χ3n) is 2.52. The second-order valence-electron chi connectivity index (χ2n) is 3.79. The number of nitrogens with zero attached hydrogens (tertiary/aromatic N) is 1. The summed E-state index contributed by atoms with van der Waals surface area (Å²) in [5.74, 6) is 0.449. The molecule has 1 heterocycles. The van der Waals surface area contributed by atoms with Crippen LogP contribution in [0, 0.1) is 0 Å². The summed E-state index contributed by atoms with van der Waals surface area (Å²) in [5.41, 5.74) is 0.545. The highest BCUT2D eigenvalue weighted by Crippen LogP contribution is 2.43. The van der Waals surface area contributed by atoms with Crippen molar-refractivity contribution < 1.29 is 9.53 Å². The molecule has 0 saturated carbocycles. The van der Waals surface area contributed by atoms with Crippen molar-refractivity contribution in [2.24, 2.45) is 0 Å². The van der Waals surface area contributed by atoms with Gasteiger partial charge in [0.15, 0.2) is 5.75 Å². The molecule has 5 heteroatoms. The third-order valence-corrected chi connectivity index (χ3v) is 3.13. The largest absolute Gasteiger partial charge is 0.486 e. The van der Waals surface area contributed by atoms with E-state index in [1.807, 2.05) is 6.92 Å². The van der Waals surface area contributed by atoms with Gasteiger partial charge < -0.3 is 9.64 Å². The molecule has 86 valence electrons. The lowest BCUT2D eigenvalue weighted by atomic mass is 10.2. The maximum atomic E-state index is 11.8. The summed E-state index contributed by atoms with van der Waals surface area (Å²) >= 11 is 12.1. The summed E-state index contributed by atoms with van der Waals surface area (Å²) in [6.07, 6.45) is 0.116. The van der Waals surface area contributed by atoms with Gasteiger partial charge in [0.2, 0.25) is 5.91 Å². The van der Waals surface area contributed by atoms with E-state index in [2.05, 4.69) is 0 Å². The highest BCUT2D eigenvalue weighted by atomic mass is 35.5. The summed E-state index contributed by atoms with van der Waals surface area (Å²) < 4.78 is 5.63. The van der Waals surface area contributed by atoms with Gasteiger partial charge >= 0.3 is 0 Å². The van der Waals surface area contributed by atoms with E-state index in [1.54, 1.807) is 19.2 Å². The smallest absolute Gasteiger partial charge is 0.230 e. The van der Waals surface area contributed by atoms with Crippen molar-refractivity contribution in [1.29, 1.82) is 0 Å². The van der Waals surface area contributed by atoms with Crippen LogP contribution in [0.4, 0.5) is 5.69 Å². The number of benzene rings is 1. The van der Waals surface area contributed by atoms with E-state index < -0.39 is 0 Å². The van der Waals surface area contributed by atoms with Crippen LogP contribution in [0.2, 0.25) is 10.0 Å². The average Bonchev–Trinajstić information content (AvgIpc) is 2.32. The molecule has 3 nitrogen and oxygen atoms in total. The van der Waals surface area contributed by atoms with E-state index in [1.165, 1.54) is 4.90 Å². The van der Waals surface area contributed by atoms with Gasteiger partial charge in [0.05, 0.1) is 16.5 Å². The minimum Gasteiger partial charge on any atom is -0.486 e. The molecule has 0 fully saturated rings. The Hall–Kier alpha value is -0.930. The molecular formula is C11H11Cl2NO2. The molecule has 2 rings (SSSR count). The van der Waals surface area contributed by atoms with Crippen molar-refractivity contribution in [2.45, 2.75) is 19.4 Å². The molecule has 1 aromatic carbocycles. The molecule has 0 bridgehead atoms. The number of amides is 1. The van der Waals surface area contributed by atoms with Crippen LogP contribution in [-0.4, -0.2) is 19.1 Å². The number of halogens is 2. The van der Waals surface area contributed by atoms with Crippen molar-refractivity contribution >= 4 is 34.8 Å². The van der Waals surface area contributed by atoms with Crippen LogP contribution in [-0.2, 0) is 4.79 Å². The van der Waals surface area contributed by atoms with Crippen LogP contribution < -0.4 is 9.64 Å². The van der Waals surface area contributed by atoms with Crippen LogP contribution in [0.15, 0.2) is 12.1 Å². The highest BCUT2D eigenvalue weighted by Gasteiger charge is 2.27. The molecule has 0 radical (unpaired) electrons. The molecule has 1 atom stereocenters. The number of carbonyl (C=O) groups is 1. The van der Waals surface area contributed by atoms with Crippen LogP contribution in [0.1, 0.15) is 13.3 Å². The average molecular weight is 260 g/mol. The SMILES string of the molecule is CC1CC(=O)N(C)c2c(Cl)ccc(Cl)c2O1. The number of carbonyl (C=O) groups excluding carboxylic acids is 1. The first-order chi connectivity index (χ1) is 7.50. The highest BCUT2D eigenvalue weighted by molar-refractivity contribution is 6.37. The number of hydrogen-bond donors (Lipinski definition) is 0. The first kappa shape index (κ1) is 11.6. The Bertz CT molecular complexity index is 448. The standard InChI is InChI=1S/C11H11Cl2NO2/c1-6-5-9(15)14(2)10-7(12)3-4-8(13)11(10)16-6/h3-4,6H,5H2,1-2H3. The zero-order valence-corrected chi connectivity index (χ0v) is 10.5. The Labute approximate surface area is 104 Å². The van der Waals surface area contributed by atoms with Crippen LogP contribution in [0.5, 0.6) is 5.75 Å². The summed E-state index contributed by atoms with van der Waals surface area (Å²) in [5, 5.41) is 0.928. The van der Waals surface area contributed by atoms with Crippen molar-refractivity contribution in [3.05, 3.63) is 22.2 Å². The second-order valence-corrected chi connectivity index (χ2v) is 4.61. The van der Waals surface area contributed by atoms with E-state index in [4.69, 9.17) is 27.9 Å². The van der Waals surface area contributed by atoms with Gasteiger partial charge in [-0.05, 0) is 19.1 Å². The molecule has 1 aliphatic heterocycles. The van der Waals surface area contributed by atoms with Crippen LogP contribution in [0.3, 0.4) is 0 Å². The fourth-order valence-electron chi connectivity index (χ4n) is 1.70. The molecule has 16 heavy (non-hydrogen) atoms. The monoisotopic (exact) mass is 259 g/mol. The van der Waals surface area contributed by atoms with E-state index in [0.29, 0.717) is 27.9 Å². The molecule has 0 aromatic heterocycles. The van der Waals surface area contributed by atoms with Gasteiger partial charge in [0, 0.05) is 7.05 Å². The van der Waals surface area contributed by atoms with Gasteiger partial charge in [-0.3, -0.25) is 4.79 Å². The zero-order chi connectivity index (χ0) is 11.9. The second kappa shape index (κ2) is 4.15. The molecule has 1 aliphatic rings. The predicted molar refractivity (Wildman–Crippen MR) is 64.6 cm³/mol. The zero-order valence-electron chi connectivity index (χ0n) is 8.96. The Morgan fingerprint density at radius 1 is 1.38 bits per heavy atom. The maximum absolute atomic E-state index is 11.8.